The summed E-state index contributed by atoms with van der Waals surface area (Å²) in [6, 6.07) is 8.60. The number of nitrogens with one attached hydrogen (secondary N) is 1. The van der Waals surface area contributed by atoms with Crippen LogP contribution in [-0.2, 0) is 20.8 Å². The maximum absolute atomic E-state index is 12.8. The van der Waals surface area contributed by atoms with Crippen LogP contribution in [0, 0.1) is 11.3 Å². The van der Waals surface area contributed by atoms with E-state index in [0.717, 1.165) is 5.56 Å². The van der Waals surface area contributed by atoms with Crippen LogP contribution < -0.4 is 5.32 Å². The minimum atomic E-state index is -0.716. The molecule has 0 radical (unpaired) electrons. The lowest BCUT2D eigenvalue weighted by Gasteiger charge is -2.33. The third kappa shape index (κ3) is 6.48. The summed E-state index contributed by atoms with van der Waals surface area (Å²) >= 11 is 0. The van der Waals surface area contributed by atoms with Crippen molar-refractivity contribution >= 4 is 18.2 Å². The van der Waals surface area contributed by atoms with Gasteiger partial charge in [-0.15, -0.1) is 0 Å². The van der Waals surface area contributed by atoms with E-state index in [1.165, 1.54) is 4.90 Å². The summed E-state index contributed by atoms with van der Waals surface area (Å²) in [4.78, 5) is 37.5. The molecule has 0 aliphatic carbocycles. The van der Waals surface area contributed by atoms with Crippen LogP contribution in [0.25, 0.3) is 0 Å². The first-order valence-electron chi connectivity index (χ1n) is 8.52. The molecule has 0 fully saturated rings. The number of hydroxylamine groups is 2. The number of rotatable bonds is 8. The molecule has 0 bridgehead atoms. The molecule has 0 saturated carbocycles. The Bertz CT molecular complexity index is 611. The largest absolute Gasteiger partial charge is 0.347 e. The average molecular weight is 363 g/mol. The second-order valence-corrected chi connectivity index (χ2v) is 7.65. The number of carbonyl (C=O) groups excluding carboxylic acids is 3. The lowest BCUT2D eigenvalue weighted by molar-refractivity contribution is -0.155. The van der Waals surface area contributed by atoms with Crippen LogP contribution in [-0.4, -0.2) is 60.1 Å². The van der Waals surface area contributed by atoms with Crippen LogP contribution in [0.4, 0.5) is 0 Å². The van der Waals surface area contributed by atoms with E-state index in [4.69, 9.17) is 0 Å². The van der Waals surface area contributed by atoms with Crippen molar-refractivity contribution in [2.45, 2.75) is 33.2 Å². The van der Waals surface area contributed by atoms with Gasteiger partial charge in [-0.3, -0.25) is 19.6 Å². The molecule has 2 unspecified atom stereocenters. The van der Waals surface area contributed by atoms with Crippen molar-refractivity contribution in [1.29, 1.82) is 0 Å². The Morgan fingerprint density at radius 1 is 1.19 bits per heavy atom. The fourth-order valence-electron chi connectivity index (χ4n) is 2.57. The molecular formula is C19H29N3O4. The molecule has 0 aliphatic rings. The fourth-order valence-corrected chi connectivity index (χ4v) is 2.57. The summed E-state index contributed by atoms with van der Waals surface area (Å²) in [5.74, 6) is -1.28. The highest BCUT2D eigenvalue weighted by atomic mass is 16.5. The van der Waals surface area contributed by atoms with Gasteiger partial charge in [0.15, 0.2) is 0 Å². The van der Waals surface area contributed by atoms with Crippen LogP contribution in [0.15, 0.2) is 30.3 Å². The third-order valence-electron chi connectivity index (χ3n) is 4.07. The Labute approximate surface area is 154 Å². The highest BCUT2D eigenvalue weighted by Crippen LogP contribution is 2.21. The molecule has 0 aromatic heterocycles. The zero-order chi connectivity index (χ0) is 19.9. The molecule has 0 saturated heterocycles. The van der Waals surface area contributed by atoms with Crippen molar-refractivity contribution < 1.29 is 19.6 Å². The van der Waals surface area contributed by atoms with Gasteiger partial charge in [0.05, 0.1) is 12.5 Å². The molecule has 1 rings (SSSR count). The maximum atomic E-state index is 12.8. The summed E-state index contributed by atoms with van der Waals surface area (Å²) in [5.41, 5.74) is 0.413. The molecule has 7 nitrogen and oxygen atoms in total. The van der Waals surface area contributed by atoms with Crippen molar-refractivity contribution in [2.75, 3.05) is 20.6 Å². The molecule has 3 amide bonds. The summed E-state index contributed by atoms with van der Waals surface area (Å²) in [6.45, 7) is 5.46. The lowest BCUT2D eigenvalue weighted by atomic mass is 9.85. The number of carbonyl (C=O) groups is 3. The van der Waals surface area contributed by atoms with Crippen molar-refractivity contribution in [3.8, 4) is 0 Å². The molecule has 1 aromatic carbocycles. The van der Waals surface area contributed by atoms with E-state index in [2.05, 4.69) is 5.32 Å². The van der Waals surface area contributed by atoms with Gasteiger partial charge in [0.25, 0.3) is 0 Å². The Kier molecular flexibility index (Phi) is 7.76. The lowest BCUT2D eigenvalue weighted by Crippen LogP contribution is -2.55. The first kappa shape index (κ1) is 21.6. The monoisotopic (exact) mass is 363 g/mol. The zero-order valence-electron chi connectivity index (χ0n) is 16.1. The van der Waals surface area contributed by atoms with E-state index in [1.807, 2.05) is 51.1 Å². The smallest absolute Gasteiger partial charge is 0.245 e. The topological polar surface area (TPSA) is 90.0 Å². The molecule has 7 heteroatoms. The van der Waals surface area contributed by atoms with Crippen molar-refractivity contribution in [3.63, 3.8) is 0 Å². The van der Waals surface area contributed by atoms with Gasteiger partial charge in [0.2, 0.25) is 18.2 Å². The quantitative estimate of drug-likeness (QED) is 0.414. The molecule has 0 heterocycles. The fraction of sp³-hybridized carbons (Fsp3) is 0.526. The van der Waals surface area contributed by atoms with E-state index < -0.39 is 17.4 Å². The molecule has 1 aromatic rings. The molecule has 26 heavy (non-hydrogen) atoms. The van der Waals surface area contributed by atoms with Gasteiger partial charge in [-0.25, -0.2) is 5.06 Å². The van der Waals surface area contributed by atoms with E-state index in [9.17, 15) is 19.6 Å². The molecule has 0 aliphatic heterocycles. The van der Waals surface area contributed by atoms with Crippen molar-refractivity contribution in [1.82, 2.24) is 15.3 Å². The molecule has 2 N–H and O–H groups in total. The highest BCUT2D eigenvalue weighted by molar-refractivity contribution is 5.89. The summed E-state index contributed by atoms with van der Waals surface area (Å²) in [7, 11) is 3.27. The molecular weight excluding hydrogens is 334 g/mol. The summed E-state index contributed by atoms with van der Waals surface area (Å²) in [6.07, 6.45) is 0.599. The van der Waals surface area contributed by atoms with E-state index in [-0.39, 0.29) is 24.8 Å². The van der Waals surface area contributed by atoms with Gasteiger partial charge in [-0.05, 0) is 17.4 Å². The van der Waals surface area contributed by atoms with Gasteiger partial charge < -0.3 is 10.2 Å². The Morgan fingerprint density at radius 3 is 2.23 bits per heavy atom. The Balaban J connectivity index is 3.01. The summed E-state index contributed by atoms with van der Waals surface area (Å²) in [5, 5.41) is 12.8. The number of hydrogen-bond donors (Lipinski definition) is 2. The van der Waals surface area contributed by atoms with E-state index >= 15 is 0 Å². The number of likely N-dealkylation sites (N-methyl/N-ethyl adjacent to an activating group) is 1. The van der Waals surface area contributed by atoms with Crippen LogP contribution in [0.3, 0.4) is 0 Å². The highest BCUT2D eigenvalue weighted by Gasteiger charge is 2.35. The van der Waals surface area contributed by atoms with Gasteiger partial charge in [-0.2, -0.15) is 0 Å². The molecule has 0 spiro atoms. The summed E-state index contributed by atoms with van der Waals surface area (Å²) < 4.78 is 0. The van der Waals surface area contributed by atoms with Crippen molar-refractivity contribution in [2.24, 2.45) is 11.3 Å². The van der Waals surface area contributed by atoms with Gasteiger partial charge >= 0.3 is 0 Å². The van der Waals surface area contributed by atoms with E-state index in [1.54, 1.807) is 14.1 Å². The van der Waals surface area contributed by atoms with E-state index in [0.29, 0.717) is 11.5 Å². The minimum absolute atomic E-state index is 0.156. The first-order valence-corrected chi connectivity index (χ1v) is 8.52. The van der Waals surface area contributed by atoms with Crippen LogP contribution in [0.2, 0.25) is 0 Å². The number of amides is 3. The predicted octanol–water partition coefficient (Wildman–Crippen LogP) is 1.31. The number of hydrogen-bond acceptors (Lipinski definition) is 4. The Morgan fingerprint density at radius 2 is 1.77 bits per heavy atom. The number of benzene rings is 1. The van der Waals surface area contributed by atoms with Crippen LogP contribution in [0.1, 0.15) is 26.3 Å². The van der Waals surface area contributed by atoms with Gasteiger partial charge in [0.1, 0.15) is 6.04 Å². The number of nitrogens with zero attached hydrogens (tertiary/aromatic N) is 2. The van der Waals surface area contributed by atoms with Crippen molar-refractivity contribution in [3.05, 3.63) is 35.9 Å². The van der Waals surface area contributed by atoms with Crippen LogP contribution in [0.5, 0.6) is 0 Å². The zero-order valence-corrected chi connectivity index (χ0v) is 16.1. The van der Waals surface area contributed by atoms with Crippen LogP contribution >= 0.6 is 0 Å². The normalized spacial score (nSPS) is 13.5. The first-order chi connectivity index (χ1) is 12.1. The average Bonchev–Trinajstić information content (AvgIpc) is 2.57. The molecule has 2 atom stereocenters. The Hall–Kier alpha value is -2.41. The second-order valence-electron chi connectivity index (χ2n) is 7.65. The standard InChI is InChI=1S/C19H29N3O4/c1-19(2,3)16(18(25)21(4)5)20-17(24)15(12-22(26)13-23)11-14-9-7-6-8-10-14/h6-10,13,15-16,26H,11-12H2,1-5H3,(H,20,24). The predicted molar refractivity (Wildman–Crippen MR) is 98.3 cm³/mol. The molecule has 144 valence electrons. The SMILES string of the molecule is CN(C)C(=O)C(NC(=O)C(Cc1ccccc1)CN(O)C=O)C(C)(C)C. The minimum Gasteiger partial charge on any atom is -0.347 e. The second kappa shape index (κ2) is 9.33. The third-order valence-corrected chi connectivity index (χ3v) is 4.07. The maximum Gasteiger partial charge on any atom is 0.245 e. The van der Waals surface area contributed by atoms with Gasteiger partial charge in [-0.1, -0.05) is 51.1 Å². The van der Waals surface area contributed by atoms with Gasteiger partial charge in [0, 0.05) is 14.1 Å².